The third-order valence-corrected chi connectivity index (χ3v) is 3.69. The summed E-state index contributed by atoms with van der Waals surface area (Å²) in [7, 11) is 0. The van der Waals surface area contributed by atoms with Crippen molar-refractivity contribution < 1.29 is 9.18 Å². The number of halogens is 3. The number of benzene rings is 1. The molecule has 108 valence electrons. The van der Waals surface area contributed by atoms with Gasteiger partial charge in [-0.25, -0.2) is 9.37 Å². The van der Waals surface area contributed by atoms with Gasteiger partial charge in [-0.1, -0.05) is 0 Å². The molecule has 0 aliphatic rings. The minimum atomic E-state index is -0.337. The zero-order valence-corrected chi connectivity index (χ0v) is 13.3. The van der Waals surface area contributed by atoms with E-state index >= 15 is 0 Å². The number of imidazole rings is 1. The van der Waals surface area contributed by atoms with Crippen LogP contribution in [-0.2, 0) is 17.8 Å². The van der Waals surface area contributed by atoms with Crippen LogP contribution in [0.4, 0.5) is 4.39 Å². The van der Waals surface area contributed by atoms with Crippen LogP contribution in [0.5, 0.6) is 0 Å². The molecule has 20 heavy (non-hydrogen) atoms. The highest BCUT2D eigenvalue weighted by Crippen LogP contribution is 2.24. The molecular weight excluding hydrogens is 349 g/mol. The van der Waals surface area contributed by atoms with Gasteiger partial charge in [-0.15, -0.1) is 11.6 Å². The van der Waals surface area contributed by atoms with Crippen LogP contribution < -0.4 is 5.32 Å². The molecule has 0 radical (unpaired) electrons. The molecule has 0 unspecified atom stereocenters. The lowest BCUT2D eigenvalue weighted by molar-refractivity contribution is -0.118. The minimum absolute atomic E-state index is 0.0951. The van der Waals surface area contributed by atoms with Gasteiger partial charge in [-0.3, -0.25) is 4.79 Å². The second-order valence-electron chi connectivity index (χ2n) is 4.36. The first-order chi connectivity index (χ1) is 9.52. The lowest BCUT2D eigenvalue weighted by atomic mass is 10.3. The Labute approximate surface area is 129 Å². The van der Waals surface area contributed by atoms with E-state index in [9.17, 15) is 9.18 Å². The van der Waals surface area contributed by atoms with Crippen molar-refractivity contribution in [2.75, 3.05) is 12.4 Å². The maximum atomic E-state index is 13.7. The monoisotopic (exact) mass is 361 g/mol. The molecule has 1 heterocycles. The lowest BCUT2D eigenvalue weighted by Crippen LogP contribution is -2.25. The van der Waals surface area contributed by atoms with Gasteiger partial charge in [-0.2, -0.15) is 0 Å². The fourth-order valence-electron chi connectivity index (χ4n) is 2.04. The van der Waals surface area contributed by atoms with Crippen molar-refractivity contribution in [3.63, 3.8) is 0 Å². The van der Waals surface area contributed by atoms with E-state index < -0.39 is 0 Å². The van der Waals surface area contributed by atoms with E-state index in [1.165, 1.54) is 13.0 Å². The zero-order chi connectivity index (χ0) is 14.7. The van der Waals surface area contributed by atoms with Crippen LogP contribution in [0.3, 0.4) is 0 Å². The second kappa shape index (κ2) is 6.54. The van der Waals surface area contributed by atoms with Crippen molar-refractivity contribution in [2.45, 2.75) is 19.9 Å². The summed E-state index contributed by atoms with van der Waals surface area (Å²) in [5.41, 5.74) is 1.41. The molecule has 4 nitrogen and oxygen atoms in total. The number of carbonyl (C=O) groups excluding carboxylic acids is 1. The first-order valence-electron chi connectivity index (χ1n) is 6.17. The topological polar surface area (TPSA) is 46.9 Å². The summed E-state index contributed by atoms with van der Waals surface area (Å²) < 4.78 is 16.0. The van der Waals surface area contributed by atoms with Crippen molar-refractivity contribution in [3.8, 4) is 0 Å². The number of hydrogen-bond donors (Lipinski definition) is 1. The van der Waals surface area contributed by atoms with Crippen LogP contribution in [0.25, 0.3) is 11.0 Å². The summed E-state index contributed by atoms with van der Waals surface area (Å²) in [5.74, 6) is 0.795. The number of hydrogen-bond acceptors (Lipinski definition) is 2. The molecule has 0 bridgehead atoms. The first kappa shape index (κ1) is 15.3. The van der Waals surface area contributed by atoms with Gasteiger partial charge < -0.3 is 9.88 Å². The third-order valence-electron chi connectivity index (χ3n) is 2.90. The Kier molecular flexibility index (Phi) is 4.99. The van der Waals surface area contributed by atoms with Gasteiger partial charge in [0, 0.05) is 38.4 Å². The van der Waals surface area contributed by atoms with E-state index in [4.69, 9.17) is 11.6 Å². The molecule has 1 aromatic heterocycles. The van der Waals surface area contributed by atoms with Crippen molar-refractivity contribution in [3.05, 3.63) is 28.2 Å². The summed E-state index contributed by atoms with van der Waals surface area (Å²) >= 11 is 8.93. The Balaban J connectivity index is 2.39. The summed E-state index contributed by atoms with van der Waals surface area (Å²) in [6, 6.07) is 3.09. The molecular formula is C13H14BrClFN3O. The highest BCUT2D eigenvalue weighted by Gasteiger charge is 2.13. The number of aromatic nitrogens is 2. The molecule has 0 aliphatic carbocycles. The van der Waals surface area contributed by atoms with Gasteiger partial charge in [0.2, 0.25) is 5.91 Å². The largest absolute Gasteiger partial charge is 0.355 e. The summed E-state index contributed by atoms with van der Waals surface area (Å²) in [5, 5.41) is 2.72. The smallest absolute Gasteiger partial charge is 0.216 e. The fourth-order valence-corrected chi connectivity index (χ4v) is 2.54. The number of aryl methyl sites for hydroxylation is 1. The predicted octanol–water partition coefficient (Wildman–Crippen LogP) is 2.86. The van der Waals surface area contributed by atoms with Crippen molar-refractivity contribution in [1.82, 2.24) is 14.9 Å². The highest BCUT2D eigenvalue weighted by atomic mass is 79.9. The summed E-state index contributed by atoms with van der Waals surface area (Å²) in [6.45, 7) is 2.46. The Morgan fingerprint density at radius 2 is 2.30 bits per heavy atom. The van der Waals surface area contributed by atoms with Crippen molar-refractivity contribution >= 4 is 44.5 Å². The van der Waals surface area contributed by atoms with Gasteiger partial charge in [0.05, 0.1) is 15.5 Å². The molecule has 0 saturated carbocycles. The van der Waals surface area contributed by atoms with Crippen LogP contribution >= 0.6 is 27.5 Å². The van der Waals surface area contributed by atoms with Gasteiger partial charge in [-0.05, 0) is 22.0 Å². The van der Waals surface area contributed by atoms with E-state index in [1.54, 1.807) is 6.07 Å². The predicted molar refractivity (Wildman–Crippen MR) is 80.5 cm³/mol. The van der Waals surface area contributed by atoms with Crippen LogP contribution in [0.15, 0.2) is 16.6 Å². The molecule has 1 N–H and O–H groups in total. The molecule has 1 amide bonds. The average Bonchev–Trinajstić information content (AvgIpc) is 2.68. The lowest BCUT2D eigenvalue weighted by Gasteiger charge is -2.09. The maximum absolute atomic E-state index is 13.7. The van der Waals surface area contributed by atoms with Crippen LogP contribution in [0.2, 0.25) is 0 Å². The molecule has 0 atom stereocenters. The second-order valence-corrected chi connectivity index (χ2v) is 5.59. The van der Waals surface area contributed by atoms with E-state index in [-0.39, 0.29) is 11.7 Å². The molecule has 0 fully saturated rings. The van der Waals surface area contributed by atoms with E-state index in [0.717, 1.165) is 5.82 Å². The fraction of sp³-hybridized carbons (Fsp3) is 0.385. The molecule has 1 aromatic carbocycles. The zero-order valence-electron chi connectivity index (χ0n) is 10.9. The maximum Gasteiger partial charge on any atom is 0.216 e. The molecule has 0 saturated heterocycles. The van der Waals surface area contributed by atoms with E-state index in [0.29, 0.717) is 40.9 Å². The first-order valence-corrected chi connectivity index (χ1v) is 7.50. The number of amides is 1. The van der Waals surface area contributed by atoms with E-state index in [1.807, 2.05) is 4.57 Å². The third kappa shape index (κ3) is 3.30. The van der Waals surface area contributed by atoms with Crippen molar-refractivity contribution in [1.29, 1.82) is 0 Å². The Hall–Kier alpha value is -1.14. The molecule has 0 aliphatic heterocycles. The highest BCUT2D eigenvalue weighted by molar-refractivity contribution is 9.10. The Morgan fingerprint density at radius 3 is 2.95 bits per heavy atom. The number of alkyl halides is 1. The molecule has 2 rings (SSSR count). The molecule has 7 heteroatoms. The summed E-state index contributed by atoms with van der Waals surface area (Å²) in [6.07, 6.45) is 0.593. The number of carbonyl (C=O) groups is 1. The normalized spacial score (nSPS) is 11.0. The number of nitrogens with one attached hydrogen (secondary N) is 1. The standard InChI is InChI=1S/C13H14BrClFN3O/c1-8(20)17-4-5-19-12-7-10(16)9(14)6-11(12)18-13(19)2-3-15/h6-7H,2-5H2,1H3,(H,17,20). The van der Waals surface area contributed by atoms with Crippen LogP contribution in [0, 0.1) is 5.82 Å². The SMILES string of the molecule is CC(=O)NCCn1c(CCCl)nc2cc(Br)c(F)cc21. The minimum Gasteiger partial charge on any atom is -0.355 e. The van der Waals surface area contributed by atoms with Crippen LogP contribution in [-0.4, -0.2) is 27.9 Å². The number of fused-ring (bicyclic) bond motifs is 1. The average molecular weight is 363 g/mol. The van der Waals surface area contributed by atoms with Gasteiger partial charge >= 0.3 is 0 Å². The Bertz CT molecular complexity index is 644. The summed E-state index contributed by atoms with van der Waals surface area (Å²) in [4.78, 5) is 15.4. The number of rotatable bonds is 5. The quantitative estimate of drug-likeness (QED) is 0.832. The van der Waals surface area contributed by atoms with Crippen molar-refractivity contribution in [2.24, 2.45) is 0 Å². The molecule has 2 aromatic rings. The molecule has 0 spiro atoms. The van der Waals surface area contributed by atoms with Crippen LogP contribution in [0.1, 0.15) is 12.7 Å². The Morgan fingerprint density at radius 1 is 1.55 bits per heavy atom. The van der Waals surface area contributed by atoms with Gasteiger partial charge in [0.25, 0.3) is 0 Å². The van der Waals surface area contributed by atoms with Gasteiger partial charge in [0.15, 0.2) is 0 Å². The number of nitrogens with zero attached hydrogens (tertiary/aromatic N) is 2. The van der Waals surface area contributed by atoms with E-state index in [2.05, 4.69) is 26.2 Å². The van der Waals surface area contributed by atoms with Gasteiger partial charge in [0.1, 0.15) is 11.6 Å².